The number of benzene rings is 2. The van der Waals surface area contributed by atoms with Crippen LogP contribution in [0.1, 0.15) is 17.5 Å². The van der Waals surface area contributed by atoms with Crippen molar-refractivity contribution in [1.29, 1.82) is 0 Å². The monoisotopic (exact) mass is 370 g/mol. The molecule has 140 valence electrons. The molecule has 0 bridgehead atoms. The van der Waals surface area contributed by atoms with Crippen molar-refractivity contribution in [2.24, 2.45) is 5.92 Å². The van der Waals surface area contributed by atoms with Gasteiger partial charge in [-0.15, -0.1) is 0 Å². The zero-order valence-corrected chi connectivity index (χ0v) is 14.5. The van der Waals surface area contributed by atoms with Crippen molar-refractivity contribution in [3.63, 3.8) is 0 Å². The third-order valence-corrected chi connectivity index (χ3v) is 4.46. The van der Waals surface area contributed by atoms with E-state index in [9.17, 15) is 18.8 Å². The number of carboxylic acid groups (broad SMARTS) is 1. The number of likely N-dealkylation sites (tertiary alicyclic amines) is 1. The number of rotatable bonds is 6. The minimum absolute atomic E-state index is 0.0468. The van der Waals surface area contributed by atoms with E-state index in [4.69, 9.17) is 5.11 Å². The summed E-state index contributed by atoms with van der Waals surface area (Å²) in [5.41, 5.74) is 1.27. The van der Waals surface area contributed by atoms with Gasteiger partial charge in [0.15, 0.2) is 0 Å². The van der Waals surface area contributed by atoms with Crippen LogP contribution in [0.15, 0.2) is 48.5 Å². The van der Waals surface area contributed by atoms with E-state index < -0.39 is 24.1 Å². The third-order valence-electron chi connectivity index (χ3n) is 4.46. The molecule has 0 aliphatic carbocycles. The molecule has 1 saturated heterocycles. The maximum atomic E-state index is 13.9. The molecule has 27 heavy (non-hydrogen) atoms. The first-order valence-electron chi connectivity index (χ1n) is 8.55. The van der Waals surface area contributed by atoms with Gasteiger partial charge in [-0.3, -0.25) is 14.4 Å². The molecule has 1 unspecified atom stereocenters. The van der Waals surface area contributed by atoms with Gasteiger partial charge in [-0.2, -0.15) is 0 Å². The van der Waals surface area contributed by atoms with E-state index in [1.807, 2.05) is 30.3 Å². The molecule has 1 fully saturated rings. The lowest BCUT2D eigenvalue weighted by atomic mass is 10.1. The van der Waals surface area contributed by atoms with E-state index in [0.29, 0.717) is 13.1 Å². The fourth-order valence-electron chi connectivity index (χ4n) is 3.08. The molecular formula is C20H19FN2O4. The molecule has 2 aromatic carbocycles. The molecule has 3 rings (SSSR count). The zero-order valence-electron chi connectivity index (χ0n) is 14.5. The van der Waals surface area contributed by atoms with Crippen LogP contribution in [0.3, 0.4) is 0 Å². The van der Waals surface area contributed by atoms with Gasteiger partial charge < -0.3 is 15.3 Å². The van der Waals surface area contributed by atoms with Crippen LogP contribution < -0.4 is 5.32 Å². The number of nitrogens with one attached hydrogen (secondary N) is 1. The predicted molar refractivity (Wildman–Crippen MR) is 96.3 cm³/mol. The minimum atomic E-state index is -1.13. The molecule has 2 amide bonds. The highest BCUT2D eigenvalue weighted by Gasteiger charge is 2.34. The fraction of sp³-hybridized carbons (Fsp3) is 0.250. The summed E-state index contributed by atoms with van der Waals surface area (Å²) in [5, 5.41) is 11.3. The topological polar surface area (TPSA) is 86.7 Å². The summed E-state index contributed by atoms with van der Waals surface area (Å²) in [7, 11) is 0. The lowest BCUT2D eigenvalue weighted by Gasteiger charge is -2.16. The Morgan fingerprint density at radius 2 is 1.93 bits per heavy atom. The summed E-state index contributed by atoms with van der Waals surface area (Å²) < 4.78 is 13.9. The van der Waals surface area contributed by atoms with Crippen molar-refractivity contribution in [1.82, 2.24) is 4.90 Å². The Kier molecular flexibility index (Phi) is 5.49. The Labute approximate surface area is 155 Å². The van der Waals surface area contributed by atoms with E-state index in [-0.39, 0.29) is 29.5 Å². The van der Waals surface area contributed by atoms with E-state index in [1.165, 1.54) is 12.1 Å². The average molecular weight is 370 g/mol. The molecule has 0 spiro atoms. The summed E-state index contributed by atoms with van der Waals surface area (Å²) in [4.78, 5) is 36.9. The highest BCUT2D eigenvalue weighted by molar-refractivity contribution is 5.97. The van der Waals surface area contributed by atoms with Gasteiger partial charge >= 0.3 is 5.97 Å². The Hall–Kier alpha value is -3.22. The zero-order chi connectivity index (χ0) is 19.4. The Morgan fingerprint density at radius 1 is 1.19 bits per heavy atom. The van der Waals surface area contributed by atoms with Crippen molar-refractivity contribution >= 4 is 23.5 Å². The normalized spacial score (nSPS) is 16.4. The van der Waals surface area contributed by atoms with E-state index in [2.05, 4.69) is 5.32 Å². The third kappa shape index (κ3) is 4.69. The first-order valence-corrected chi connectivity index (χ1v) is 8.55. The Morgan fingerprint density at radius 3 is 2.59 bits per heavy atom. The van der Waals surface area contributed by atoms with Crippen LogP contribution >= 0.6 is 0 Å². The van der Waals surface area contributed by atoms with Crippen LogP contribution in [0.5, 0.6) is 0 Å². The Bertz CT molecular complexity index is 870. The van der Waals surface area contributed by atoms with Gasteiger partial charge in [-0.1, -0.05) is 36.4 Å². The van der Waals surface area contributed by atoms with Gasteiger partial charge in [0, 0.05) is 25.2 Å². The molecular weight excluding hydrogens is 351 g/mol. The van der Waals surface area contributed by atoms with Crippen LogP contribution in [0, 0.1) is 11.7 Å². The van der Waals surface area contributed by atoms with Crippen LogP contribution in [-0.2, 0) is 27.3 Å². The number of amides is 2. The number of carbonyl (C=O) groups is 3. The maximum absolute atomic E-state index is 13.9. The van der Waals surface area contributed by atoms with Gasteiger partial charge in [0.05, 0.1) is 12.3 Å². The molecule has 1 heterocycles. The number of halogens is 1. The highest BCUT2D eigenvalue weighted by Crippen LogP contribution is 2.23. The van der Waals surface area contributed by atoms with Gasteiger partial charge in [-0.05, 0) is 23.3 Å². The van der Waals surface area contributed by atoms with Crippen molar-refractivity contribution in [3.05, 3.63) is 65.5 Å². The second kappa shape index (κ2) is 7.99. The fourth-order valence-corrected chi connectivity index (χ4v) is 3.08. The van der Waals surface area contributed by atoms with Gasteiger partial charge in [0.1, 0.15) is 5.82 Å². The van der Waals surface area contributed by atoms with Gasteiger partial charge in [0.2, 0.25) is 11.8 Å². The van der Waals surface area contributed by atoms with Crippen LogP contribution in [0.25, 0.3) is 0 Å². The van der Waals surface area contributed by atoms with Crippen molar-refractivity contribution in [2.45, 2.75) is 19.4 Å². The quantitative estimate of drug-likeness (QED) is 0.818. The van der Waals surface area contributed by atoms with Crippen LogP contribution in [-0.4, -0.2) is 34.3 Å². The van der Waals surface area contributed by atoms with Gasteiger partial charge in [0.25, 0.3) is 0 Å². The Balaban J connectivity index is 1.61. The molecule has 1 aliphatic rings. The molecule has 0 radical (unpaired) electrons. The van der Waals surface area contributed by atoms with E-state index >= 15 is 0 Å². The number of aliphatic carboxylic acids is 1. The molecule has 0 aromatic heterocycles. The van der Waals surface area contributed by atoms with Crippen LogP contribution in [0.2, 0.25) is 0 Å². The number of carboxylic acids is 1. The van der Waals surface area contributed by atoms with Crippen molar-refractivity contribution in [2.75, 3.05) is 11.9 Å². The second-order valence-electron chi connectivity index (χ2n) is 6.53. The predicted octanol–water partition coefficient (Wildman–Crippen LogP) is 2.44. The molecule has 0 saturated carbocycles. The molecule has 1 aliphatic heterocycles. The summed E-state index contributed by atoms with van der Waals surface area (Å²) in [6.45, 7) is 0.751. The van der Waals surface area contributed by atoms with Crippen molar-refractivity contribution < 1.29 is 23.9 Å². The summed E-state index contributed by atoms with van der Waals surface area (Å²) in [6, 6.07) is 13.4. The number of carbonyl (C=O) groups excluding carboxylic acids is 2. The largest absolute Gasteiger partial charge is 0.481 e. The highest BCUT2D eigenvalue weighted by atomic mass is 19.1. The summed E-state index contributed by atoms with van der Waals surface area (Å²) >= 11 is 0. The summed E-state index contributed by atoms with van der Waals surface area (Å²) in [6.07, 6.45) is -0.316. The van der Waals surface area contributed by atoms with E-state index in [1.54, 1.807) is 4.90 Å². The summed E-state index contributed by atoms with van der Waals surface area (Å²) in [5.74, 6) is -2.79. The minimum Gasteiger partial charge on any atom is -0.481 e. The smallest absolute Gasteiger partial charge is 0.307 e. The lowest BCUT2D eigenvalue weighted by molar-refractivity contribution is -0.136. The first-order chi connectivity index (χ1) is 12.9. The van der Waals surface area contributed by atoms with Crippen LogP contribution in [0.4, 0.5) is 10.1 Å². The lowest BCUT2D eigenvalue weighted by Crippen LogP contribution is -2.28. The molecule has 1 atom stereocenters. The average Bonchev–Trinajstić information content (AvgIpc) is 2.99. The SMILES string of the molecule is O=C(O)Cc1ccc(NC(=O)C2CC(=O)N(Cc3ccccc3)C2)cc1F. The maximum Gasteiger partial charge on any atom is 0.307 e. The number of hydrogen-bond donors (Lipinski definition) is 2. The second-order valence-corrected chi connectivity index (χ2v) is 6.53. The first kappa shape index (κ1) is 18.6. The molecule has 6 nitrogen and oxygen atoms in total. The van der Waals surface area contributed by atoms with Gasteiger partial charge in [-0.25, -0.2) is 4.39 Å². The van der Waals surface area contributed by atoms with Crippen molar-refractivity contribution in [3.8, 4) is 0 Å². The molecule has 7 heteroatoms. The number of nitrogens with zero attached hydrogens (tertiary/aromatic N) is 1. The molecule has 2 aromatic rings. The number of hydrogen-bond acceptors (Lipinski definition) is 3. The standard InChI is InChI=1S/C20H19FN2O4/c21-17-10-16(7-6-14(17)9-19(25)26)22-20(27)15-8-18(24)23(12-15)11-13-4-2-1-3-5-13/h1-7,10,15H,8-9,11-12H2,(H,22,27)(H,25,26). The van der Waals surface area contributed by atoms with E-state index in [0.717, 1.165) is 11.6 Å². The molecule has 2 N–H and O–H groups in total. The number of anilines is 1.